The molecule has 1 unspecified atom stereocenters. The van der Waals surface area contributed by atoms with Gasteiger partial charge in [-0.15, -0.1) is 0 Å². The number of likely N-dealkylation sites (tertiary alicyclic amines) is 1. The molecule has 4 rings (SSSR count). The molecule has 3 aromatic rings. The molecule has 23 heavy (non-hydrogen) atoms. The molecule has 1 fully saturated rings. The van der Waals surface area contributed by atoms with Crippen LogP contribution in [-0.4, -0.2) is 44.1 Å². The maximum Gasteiger partial charge on any atom is 0.256 e. The number of fused-ring (bicyclic) bond motifs is 1. The second-order valence-corrected chi connectivity index (χ2v) is 6.29. The summed E-state index contributed by atoms with van der Waals surface area (Å²) in [5.41, 5.74) is 1.57. The molecule has 1 saturated heterocycles. The second-order valence-electron chi connectivity index (χ2n) is 5.85. The summed E-state index contributed by atoms with van der Waals surface area (Å²) in [6, 6.07) is 5.53. The number of halogens is 1. The largest absolute Gasteiger partial charge is 0.360 e. The molecule has 7 heteroatoms. The smallest absolute Gasteiger partial charge is 0.256 e. The molecule has 2 aromatic heterocycles. The molecule has 0 saturated carbocycles. The maximum absolute atomic E-state index is 12.9. The topological polar surface area (TPSA) is 77.7 Å². The van der Waals surface area contributed by atoms with Crippen LogP contribution in [-0.2, 0) is 0 Å². The summed E-state index contributed by atoms with van der Waals surface area (Å²) >= 11 is 6.00. The summed E-state index contributed by atoms with van der Waals surface area (Å²) in [6.45, 7) is 1.43. The highest BCUT2D eigenvalue weighted by molar-refractivity contribution is 6.31. The molecule has 1 aliphatic rings. The van der Waals surface area contributed by atoms with Crippen LogP contribution in [0.2, 0.25) is 5.02 Å². The molecule has 1 atom stereocenters. The molecule has 118 valence electrons. The Morgan fingerprint density at radius 1 is 1.39 bits per heavy atom. The van der Waals surface area contributed by atoms with Crippen molar-refractivity contribution in [1.82, 2.24) is 25.1 Å². The van der Waals surface area contributed by atoms with E-state index in [1.165, 1.54) is 6.33 Å². The number of nitrogens with one attached hydrogen (secondary N) is 2. The van der Waals surface area contributed by atoms with Gasteiger partial charge in [0.15, 0.2) is 0 Å². The molecule has 0 aliphatic carbocycles. The second kappa shape index (κ2) is 5.70. The number of rotatable bonds is 2. The standard InChI is InChI=1S/C16H16ClN5O/c17-11-3-4-12-13(7-18-14(12)6-11)16(23)22-5-1-2-10(8-22)15-19-9-20-21-15/h3-4,6-7,9-10,18H,1-2,5,8H2,(H,19,20,21). The molecule has 3 heterocycles. The predicted octanol–water partition coefficient (Wildman–Crippen LogP) is 2.96. The summed E-state index contributed by atoms with van der Waals surface area (Å²) in [5, 5.41) is 8.38. The average Bonchev–Trinajstić information content (AvgIpc) is 3.23. The first-order valence-electron chi connectivity index (χ1n) is 7.63. The van der Waals surface area contributed by atoms with Crippen molar-refractivity contribution in [2.75, 3.05) is 13.1 Å². The van der Waals surface area contributed by atoms with Gasteiger partial charge in [-0.1, -0.05) is 17.7 Å². The Labute approximate surface area is 137 Å². The van der Waals surface area contributed by atoms with Crippen molar-refractivity contribution in [1.29, 1.82) is 0 Å². The Bertz CT molecular complexity index is 841. The summed E-state index contributed by atoms with van der Waals surface area (Å²) in [5.74, 6) is 1.12. The van der Waals surface area contributed by atoms with Crippen LogP contribution in [0.4, 0.5) is 0 Å². The molecular formula is C16H16ClN5O. The van der Waals surface area contributed by atoms with Crippen molar-refractivity contribution in [3.8, 4) is 0 Å². The first-order valence-corrected chi connectivity index (χ1v) is 8.01. The van der Waals surface area contributed by atoms with Crippen LogP contribution >= 0.6 is 11.6 Å². The van der Waals surface area contributed by atoms with E-state index in [2.05, 4.69) is 20.2 Å². The highest BCUT2D eigenvalue weighted by Crippen LogP contribution is 2.28. The van der Waals surface area contributed by atoms with Gasteiger partial charge < -0.3 is 9.88 Å². The van der Waals surface area contributed by atoms with Crippen molar-refractivity contribution in [2.24, 2.45) is 0 Å². The molecule has 0 bridgehead atoms. The lowest BCUT2D eigenvalue weighted by Crippen LogP contribution is -2.39. The molecule has 1 amide bonds. The number of hydrogen-bond donors (Lipinski definition) is 2. The number of piperidine rings is 1. The first-order chi connectivity index (χ1) is 11.2. The molecule has 0 spiro atoms. The number of aromatic amines is 2. The zero-order chi connectivity index (χ0) is 15.8. The monoisotopic (exact) mass is 329 g/mol. The minimum atomic E-state index is 0.0442. The Hall–Kier alpha value is -2.34. The number of hydrogen-bond acceptors (Lipinski definition) is 3. The van der Waals surface area contributed by atoms with Gasteiger partial charge in [-0.25, -0.2) is 4.98 Å². The lowest BCUT2D eigenvalue weighted by molar-refractivity contribution is 0.0706. The average molecular weight is 330 g/mol. The number of benzene rings is 1. The van der Waals surface area contributed by atoms with Crippen molar-refractivity contribution in [3.63, 3.8) is 0 Å². The Morgan fingerprint density at radius 2 is 2.30 bits per heavy atom. The van der Waals surface area contributed by atoms with Gasteiger partial charge in [-0.2, -0.15) is 5.10 Å². The van der Waals surface area contributed by atoms with Gasteiger partial charge in [-0.3, -0.25) is 9.89 Å². The van der Waals surface area contributed by atoms with Gasteiger partial charge in [0.25, 0.3) is 5.91 Å². The quantitative estimate of drug-likeness (QED) is 0.758. The SMILES string of the molecule is O=C(c1c[nH]c2cc(Cl)ccc12)N1CCCC(c2ncn[nH]2)C1. The maximum atomic E-state index is 12.9. The first kappa shape index (κ1) is 14.3. The molecule has 6 nitrogen and oxygen atoms in total. The number of H-pyrrole nitrogens is 2. The van der Waals surface area contributed by atoms with Crippen LogP contribution < -0.4 is 0 Å². The number of amides is 1. The zero-order valence-electron chi connectivity index (χ0n) is 12.4. The van der Waals surface area contributed by atoms with Crippen LogP contribution in [0.5, 0.6) is 0 Å². The van der Waals surface area contributed by atoms with Crippen LogP contribution in [0.3, 0.4) is 0 Å². The Balaban J connectivity index is 1.60. The zero-order valence-corrected chi connectivity index (χ0v) is 13.2. The molecule has 1 aromatic carbocycles. The summed E-state index contributed by atoms with van der Waals surface area (Å²) in [4.78, 5) is 22.2. The Kier molecular flexibility index (Phi) is 3.53. The van der Waals surface area contributed by atoms with Crippen molar-refractivity contribution in [3.05, 3.63) is 47.1 Å². The minimum absolute atomic E-state index is 0.0442. The van der Waals surface area contributed by atoms with Crippen LogP contribution in [0.25, 0.3) is 10.9 Å². The third kappa shape index (κ3) is 2.59. The lowest BCUT2D eigenvalue weighted by Gasteiger charge is -2.31. The number of carbonyl (C=O) groups is 1. The van der Waals surface area contributed by atoms with E-state index >= 15 is 0 Å². The number of nitrogens with zero attached hydrogens (tertiary/aromatic N) is 3. The van der Waals surface area contributed by atoms with Gasteiger partial charge in [0.2, 0.25) is 0 Å². The van der Waals surface area contributed by atoms with E-state index in [9.17, 15) is 4.79 Å². The lowest BCUT2D eigenvalue weighted by atomic mass is 9.96. The van der Waals surface area contributed by atoms with Crippen LogP contribution in [0.1, 0.15) is 34.9 Å². The normalized spacial score (nSPS) is 18.5. The third-order valence-corrected chi connectivity index (χ3v) is 4.64. The fraction of sp³-hybridized carbons (Fsp3) is 0.312. The van der Waals surface area contributed by atoms with Gasteiger partial charge in [0.1, 0.15) is 12.2 Å². The fourth-order valence-electron chi connectivity index (χ4n) is 3.24. The highest BCUT2D eigenvalue weighted by Gasteiger charge is 2.28. The Morgan fingerprint density at radius 3 is 3.13 bits per heavy atom. The van der Waals surface area contributed by atoms with E-state index in [0.717, 1.165) is 36.1 Å². The molecule has 1 aliphatic heterocycles. The van der Waals surface area contributed by atoms with Crippen LogP contribution in [0, 0.1) is 0 Å². The van der Waals surface area contributed by atoms with Crippen molar-refractivity contribution < 1.29 is 4.79 Å². The van der Waals surface area contributed by atoms with E-state index in [0.29, 0.717) is 17.1 Å². The van der Waals surface area contributed by atoms with E-state index in [1.807, 2.05) is 23.1 Å². The van der Waals surface area contributed by atoms with E-state index < -0.39 is 0 Å². The van der Waals surface area contributed by atoms with Crippen molar-refractivity contribution in [2.45, 2.75) is 18.8 Å². The molecule has 2 N–H and O–H groups in total. The summed E-state index contributed by atoms with van der Waals surface area (Å²) in [7, 11) is 0. The third-order valence-electron chi connectivity index (χ3n) is 4.40. The number of carbonyl (C=O) groups excluding carboxylic acids is 1. The van der Waals surface area contributed by atoms with Gasteiger partial charge >= 0.3 is 0 Å². The van der Waals surface area contributed by atoms with Crippen LogP contribution in [0.15, 0.2) is 30.7 Å². The van der Waals surface area contributed by atoms with E-state index in [4.69, 9.17) is 11.6 Å². The molecule has 0 radical (unpaired) electrons. The van der Waals surface area contributed by atoms with Gasteiger partial charge in [-0.05, 0) is 25.0 Å². The highest BCUT2D eigenvalue weighted by atomic mass is 35.5. The minimum Gasteiger partial charge on any atom is -0.360 e. The van der Waals surface area contributed by atoms with Gasteiger partial charge in [0.05, 0.1) is 5.56 Å². The van der Waals surface area contributed by atoms with E-state index in [1.54, 1.807) is 6.20 Å². The fourth-order valence-corrected chi connectivity index (χ4v) is 3.41. The molecular weight excluding hydrogens is 314 g/mol. The summed E-state index contributed by atoms with van der Waals surface area (Å²) < 4.78 is 0. The van der Waals surface area contributed by atoms with E-state index in [-0.39, 0.29) is 11.8 Å². The summed E-state index contributed by atoms with van der Waals surface area (Å²) in [6.07, 6.45) is 5.26. The van der Waals surface area contributed by atoms with Gasteiger partial charge in [0, 0.05) is 41.1 Å². The number of aromatic nitrogens is 4. The van der Waals surface area contributed by atoms with Crippen molar-refractivity contribution >= 4 is 28.4 Å². The predicted molar refractivity (Wildman–Crippen MR) is 87.6 cm³/mol.